The Morgan fingerprint density at radius 1 is 1.10 bits per heavy atom. The van der Waals surface area contributed by atoms with Gasteiger partial charge in [-0.2, -0.15) is 0 Å². The molecule has 62 valence electrons. The summed E-state index contributed by atoms with van der Waals surface area (Å²) < 4.78 is 9.60. The SMILES string of the molecule is CO[Si](C)(O)O[Si](C)(C)O. The first-order valence-corrected chi connectivity index (χ1v) is 8.09. The topological polar surface area (TPSA) is 58.9 Å². The van der Waals surface area contributed by atoms with Gasteiger partial charge in [-0.05, 0) is 13.1 Å². The zero-order valence-corrected chi connectivity index (χ0v) is 8.71. The van der Waals surface area contributed by atoms with Crippen LogP contribution in [0, 0.1) is 0 Å². The molecule has 6 heteroatoms. The third-order valence-corrected chi connectivity index (χ3v) is 5.09. The number of hydrogen-bond donors (Lipinski definition) is 2. The molecule has 0 fully saturated rings. The van der Waals surface area contributed by atoms with Crippen LogP contribution in [0.15, 0.2) is 0 Å². The van der Waals surface area contributed by atoms with E-state index in [0.29, 0.717) is 0 Å². The van der Waals surface area contributed by atoms with E-state index in [1.165, 1.54) is 13.7 Å². The van der Waals surface area contributed by atoms with E-state index in [4.69, 9.17) is 4.12 Å². The van der Waals surface area contributed by atoms with Gasteiger partial charge in [-0.1, -0.05) is 0 Å². The van der Waals surface area contributed by atoms with E-state index in [1.807, 2.05) is 0 Å². The Balaban J connectivity index is 3.89. The average Bonchev–Trinajstić information content (AvgIpc) is 1.60. The smallest absolute Gasteiger partial charge is 0.411 e. The molecule has 0 amide bonds. The molecule has 0 aliphatic carbocycles. The maximum atomic E-state index is 9.23. The molecule has 0 aromatic rings. The molecular formula is C4H14O4Si2. The highest BCUT2D eigenvalue weighted by molar-refractivity contribution is 6.75. The Morgan fingerprint density at radius 2 is 1.50 bits per heavy atom. The minimum absolute atomic E-state index is 1.37. The maximum Gasteiger partial charge on any atom is 0.485 e. The van der Waals surface area contributed by atoms with E-state index < -0.39 is 17.4 Å². The molecule has 10 heavy (non-hydrogen) atoms. The number of rotatable bonds is 3. The molecule has 2 N–H and O–H groups in total. The highest BCUT2D eigenvalue weighted by Crippen LogP contribution is 2.08. The van der Waals surface area contributed by atoms with E-state index in [0.717, 1.165) is 0 Å². The molecule has 1 atom stereocenters. The molecule has 0 aromatic carbocycles. The first-order valence-electron chi connectivity index (χ1n) is 2.97. The fourth-order valence-electron chi connectivity index (χ4n) is 0.505. The van der Waals surface area contributed by atoms with Crippen molar-refractivity contribution in [2.75, 3.05) is 7.11 Å². The van der Waals surface area contributed by atoms with Crippen LogP contribution in [0.2, 0.25) is 19.6 Å². The zero-order valence-electron chi connectivity index (χ0n) is 6.71. The van der Waals surface area contributed by atoms with Crippen molar-refractivity contribution in [3.63, 3.8) is 0 Å². The van der Waals surface area contributed by atoms with Crippen LogP contribution < -0.4 is 0 Å². The van der Waals surface area contributed by atoms with E-state index in [9.17, 15) is 9.59 Å². The van der Waals surface area contributed by atoms with Gasteiger partial charge in [0, 0.05) is 13.7 Å². The van der Waals surface area contributed by atoms with Crippen molar-refractivity contribution in [2.24, 2.45) is 0 Å². The second kappa shape index (κ2) is 3.12. The van der Waals surface area contributed by atoms with Crippen LogP contribution in [-0.2, 0) is 8.54 Å². The van der Waals surface area contributed by atoms with Gasteiger partial charge < -0.3 is 18.1 Å². The van der Waals surface area contributed by atoms with Crippen molar-refractivity contribution in [3.8, 4) is 0 Å². The third-order valence-electron chi connectivity index (χ3n) is 0.818. The zero-order chi connectivity index (χ0) is 8.41. The monoisotopic (exact) mass is 182 g/mol. The Bertz CT molecular complexity index is 108. The lowest BCUT2D eigenvalue weighted by Crippen LogP contribution is -2.48. The van der Waals surface area contributed by atoms with Gasteiger partial charge in [-0.25, -0.2) is 0 Å². The van der Waals surface area contributed by atoms with Crippen LogP contribution in [0.5, 0.6) is 0 Å². The molecule has 0 spiro atoms. The molecule has 0 bridgehead atoms. The van der Waals surface area contributed by atoms with Gasteiger partial charge in [-0.15, -0.1) is 0 Å². The van der Waals surface area contributed by atoms with E-state index in [2.05, 4.69) is 4.43 Å². The van der Waals surface area contributed by atoms with Gasteiger partial charge in [0.1, 0.15) is 0 Å². The van der Waals surface area contributed by atoms with E-state index in [1.54, 1.807) is 13.1 Å². The van der Waals surface area contributed by atoms with Crippen LogP contribution >= 0.6 is 0 Å². The van der Waals surface area contributed by atoms with Crippen molar-refractivity contribution in [1.29, 1.82) is 0 Å². The summed E-state index contributed by atoms with van der Waals surface area (Å²) in [6.45, 7) is 4.62. The molecule has 0 saturated heterocycles. The van der Waals surface area contributed by atoms with Crippen molar-refractivity contribution >= 4 is 17.4 Å². The second-order valence-corrected chi connectivity index (χ2v) is 8.56. The van der Waals surface area contributed by atoms with Gasteiger partial charge in [0.25, 0.3) is 0 Å². The fraction of sp³-hybridized carbons (Fsp3) is 1.00. The van der Waals surface area contributed by atoms with Gasteiger partial charge in [0.2, 0.25) is 0 Å². The van der Waals surface area contributed by atoms with Gasteiger partial charge >= 0.3 is 17.4 Å². The minimum atomic E-state index is -3.00. The highest BCUT2D eigenvalue weighted by atomic mass is 28.5. The van der Waals surface area contributed by atoms with Crippen LogP contribution in [0.1, 0.15) is 0 Å². The highest BCUT2D eigenvalue weighted by Gasteiger charge is 2.36. The second-order valence-electron chi connectivity index (χ2n) is 2.65. The first-order chi connectivity index (χ1) is 4.27. The molecule has 4 nitrogen and oxygen atoms in total. The van der Waals surface area contributed by atoms with Crippen LogP contribution in [0.25, 0.3) is 0 Å². The van der Waals surface area contributed by atoms with Crippen LogP contribution in [-0.4, -0.2) is 34.1 Å². The summed E-state index contributed by atoms with van der Waals surface area (Å²) in [6.07, 6.45) is 0. The van der Waals surface area contributed by atoms with Gasteiger partial charge in [-0.3, -0.25) is 0 Å². The van der Waals surface area contributed by atoms with Gasteiger partial charge in [0.05, 0.1) is 0 Å². The Kier molecular flexibility index (Phi) is 3.20. The molecule has 1 unspecified atom stereocenters. The molecule has 0 aliphatic rings. The average molecular weight is 182 g/mol. The summed E-state index contributed by atoms with van der Waals surface area (Å²) >= 11 is 0. The molecule has 0 saturated carbocycles. The van der Waals surface area contributed by atoms with E-state index in [-0.39, 0.29) is 0 Å². The lowest BCUT2D eigenvalue weighted by atomic mass is 11.8. The standard InChI is InChI=1S/C4H14O4Si2/c1-7-10(4,6)8-9(2,3)5/h5-6H,1-4H3. The van der Waals surface area contributed by atoms with Crippen molar-refractivity contribution in [3.05, 3.63) is 0 Å². The fourth-order valence-corrected chi connectivity index (χ4v) is 4.55. The van der Waals surface area contributed by atoms with Crippen LogP contribution in [0.4, 0.5) is 0 Å². The lowest BCUT2D eigenvalue weighted by Gasteiger charge is -2.24. The molecule has 0 aromatic heterocycles. The Labute approximate surface area is 63.0 Å². The Morgan fingerprint density at radius 3 is 1.60 bits per heavy atom. The predicted molar refractivity (Wildman–Crippen MR) is 41.6 cm³/mol. The third kappa shape index (κ3) is 5.09. The lowest BCUT2D eigenvalue weighted by molar-refractivity contribution is 0.183. The summed E-state index contributed by atoms with van der Waals surface area (Å²) in [7, 11) is -4.26. The molecule has 0 heterocycles. The molecule has 0 radical (unpaired) electrons. The normalized spacial score (nSPS) is 18.6. The molecular weight excluding hydrogens is 168 g/mol. The number of hydrogen-bond acceptors (Lipinski definition) is 4. The van der Waals surface area contributed by atoms with Gasteiger partial charge in [0.15, 0.2) is 0 Å². The molecule has 0 aliphatic heterocycles. The largest absolute Gasteiger partial charge is 0.485 e. The summed E-state index contributed by atoms with van der Waals surface area (Å²) in [4.78, 5) is 18.4. The first kappa shape index (κ1) is 10.3. The Hall–Kier alpha value is 0.274. The van der Waals surface area contributed by atoms with Crippen LogP contribution in [0.3, 0.4) is 0 Å². The maximum absolute atomic E-state index is 9.23. The van der Waals surface area contributed by atoms with Crippen molar-refractivity contribution in [2.45, 2.75) is 19.6 Å². The molecule has 0 rings (SSSR count). The summed E-state index contributed by atoms with van der Waals surface area (Å²) in [5.41, 5.74) is 0. The van der Waals surface area contributed by atoms with Crippen molar-refractivity contribution < 1.29 is 18.1 Å². The quantitative estimate of drug-likeness (QED) is 0.599. The predicted octanol–water partition coefficient (Wildman–Crippen LogP) is -0.0955. The van der Waals surface area contributed by atoms with Crippen molar-refractivity contribution in [1.82, 2.24) is 0 Å². The minimum Gasteiger partial charge on any atom is -0.411 e. The summed E-state index contributed by atoms with van der Waals surface area (Å²) in [6, 6.07) is 0. The van der Waals surface area contributed by atoms with E-state index >= 15 is 0 Å². The summed E-state index contributed by atoms with van der Waals surface area (Å²) in [5.74, 6) is 0. The summed E-state index contributed by atoms with van der Waals surface area (Å²) in [5, 5.41) is 0.